The molecule has 0 radical (unpaired) electrons. The maximum Gasteiger partial charge on any atom is 0.0642 e. The quantitative estimate of drug-likeness (QED) is 0.730. The minimum Gasteiger partial charge on any atom is -0.378 e. The Morgan fingerprint density at radius 3 is 3.08 bits per heavy atom. The molecule has 7 atom stereocenters. The third kappa shape index (κ3) is 1.27. The molecule has 6 aliphatic rings. The molecular formula is C21H26N2O. The summed E-state index contributed by atoms with van der Waals surface area (Å²) in [7, 11) is 0. The molecule has 1 aromatic carbocycles. The predicted octanol–water partition coefficient (Wildman–Crippen LogP) is 2.65. The van der Waals surface area contributed by atoms with Gasteiger partial charge in [-0.2, -0.15) is 0 Å². The van der Waals surface area contributed by atoms with Gasteiger partial charge in [0.2, 0.25) is 0 Å². The van der Waals surface area contributed by atoms with Gasteiger partial charge in [-0.25, -0.2) is 0 Å². The molecule has 3 heteroatoms. The van der Waals surface area contributed by atoms with Gasteiger partial charge in [0.25, 0.3) is 0 Å². The number of ether oxygens (including phenoxy) is 1. The number of nitrogens with zero attached hydrogens (tertiary/aromatic N) is 2. The zero-order valence-corrected chi connectivity index (χ0v) is 14.2. The van der Waals surface area contributed by atoms with Crippen LogP contribution in [-0.2, 0) is 10.2 Å². The first-order valence-corrected chi connectivity index (χ1v) is 10.1. The highest BCUT2D eigenvalue weighted by Crippen LogP contribution is 2.65. The largest absolute Gasteiger partial charge is 0.378 e. The lowest BCUT2D eigenvalue weighted by Crippen LogP contribution is -2.69. The van der Waals surface area contributed by atoms with E-state index < -0.39 is 0 Å². The van der Waals surface area contributed by atoms with Gasteiger partial charge in [-0.05, 0) is 55.7 Å². The average molecular weight is 322 g/mol. The van der Waals surface area contributed by atoms with E-state index in [4.69, 9.17) is 4.74 Å². The number of hydrogen-bond donors (Lipinski definition) is 0. The summed E-state index contributed by atoms with van der Waals surface area (Å²) in [5.41, 5.74) is 3.65. The van der Waals surface area contributed by atoms with Crippen LogP contribution in [-0.4, -0.2) is 49.3 Å². The normalized spacial score (nSPS) is 50.6. The number of para-hydroxylation sites is 1. The van der Waals surface area contributed by atoms with Crippen molar-refractivity contribution >= 4 is 5.69 Å². The van der Waals surface area contributed by atoms with Gasteiger partial charge in [0.1, 0.15) is 0 Å². The van der Waals surface area contributed by atoms with E-state index in [1.165, 1.54) is 45.3 Å². The molecule has 126 valence electrons. The summed E-state index contributed by atoms with van der Waals surface area (Å²) in [6.07, 6.45) is 5.88. The molecule has 4 saturated heterocycles. The van der Waals surface area contributed by atoms with Crippen molar-refractivity contribution in [3.63, 3.8) is 0 Å². The van der Waals surface area contributed by atoms with Crippen LogP contribution in [0.4, 0.5) is 5.69 Å². The second-order valence-corrected chi connectivity index (χ2v) is 9.18. The molecule has 3 nitrogen and oxygen atoms in total. The molecule has 1 aliphatic carbocycles. The van der Waals surface area contributed by atoms with Crippen molar-refractivity contribution in [1.82, 2.24) is 4.90 Å². The van der Waals surface area contributed by atoms with Crippen LogP contribution < -0.4 is 4.90 Å². The Balaban J connectivity index is 1.51. The second-order valence-electron chi connectivity index (χ2n) is 9.18. The van der Waals surface area contributed by atoms with E-state index in [1.807, 2.05) is 0 Å². The number of anilines is 1. The Morgan fingerprint density at radius 2 is 2.08 bits per heavy atom. The van der Waals surface area contributed by atoms with Crippen molar-refractivity contribution in [2.75, 3.05) is 31.1 Å². The Hall–Kier alpha value is -1.06. The van der Waals surface area contributed by atoms with Crippen molar-refractivity contribution in [2.24, 2.45) is 17.8 Å². The highest BCUT2D eigenvalue weighted by atomic mass is 16.5. The maximum atomic E-state index is 6.48. The summed E-state index contributed by atoms with van der Waals surface area (Å²) in [4.78, 5) is 5.71. The molecule has 5 aliphatic heterocycles. The number of benzene rings is 1. The molecule has 0 N–H and O–H groups in total. The first-order chi connectivity index (χ1) is 11.9. The standard InChI is InChI=1S/C21H26N2O/c1-2-4-16-15(3-1)21-7-9-22-12-13-6-10-24-17-5-8-23(16)20(21)19(17)14(13)11-18(21)22/h1-4,13-14,17-20H,5-12H2/t13-,14+,17+,18+,19+,20+,21?/m1/s1. The van der Waals surface area contributed by atoms with Crippen molar-refractivity contribution in [2.45, 2.75) is 49.3 Å². The molecule has 5 fully saturated rings. The fourth-order valence-corrected chi connectivity index (χ4v) is 8.13. The second kappa shape index (κ2) is 4.19. The maximum absolute atomic E-state index is 6.48. The molecule has 2 bridgehead atoms. The van der Waals surface area contributed by atoms with Gasteiger partial charge in [-0.15, -0.1) is 0 Å². The summed E-state index contributed by atoms with van der Waals surface area (Å²) >= 11 is 0. The third-order valence-corrected chi connectivity index (χ3v) is 8.76. The molecule has 1 saturated carbocycles. The molecule has 7 rings (SSSR count). The Kier molecular flexibility index (Phi) is 2.30. The van der Waals surface area contributed by atoms with Crippen LogP contribution in [0, 0.1) is 17.8 Å². The minimum absolute atomic E-state index is 0.398. The highest BCUT2D eigenvalue weighted by Gasteiger charge is 2.70. The third-order valence-electron chi connectivity index (χ3n) is 8.76. The van der Waals surface area contributed by atoms with E-state index in [2.05, 4.69) is 34.1 Å². The Bertz CT molecular complexity index is 720. The zero-order chi connectivity index (χ0) is 15.5. The van der Waals surface area contributed by atoms with Gasteiger partial charge in [-0.3, -0.25) is 4.90 Å². The van der Waals surface area contributed by atoms with Crippen LogP contribution >= 0.6 is 0 Å². The summed E-state index contributed by atoms with van der Waals surface area (Å²) < 4.78 is 6.48. The van der Waals surface area contributed by atoms with Crippen LogP contribution in [0.5, 0.6) is 0 Å². The lowest BCUT2D eigenvalue weighted by Gasteiger charge is -2.60. The van der Waals surface area contributed by atoms with E-state index in [0.29, 0.717) is 17.6 Å². The fourth-order valence-electron chi connectivity index (χ4n) is 8.13. The average Bonchev–Trinajstić information content (AvgIpc) is 3.08. The zero-order valence-electron chi connectivity index (χ0n) is 14.2. The summed E-state index contributed by atoms with van der Waals surface area (Å²) in [6.45, 7) is 4.88. The Morgan fingerprint density at radius 1 is 1.12 bits per heavy atom. The topological polar surface area (TPSA) is 15.7 Å². The van der Waals surface area contributed by atoms with Crippen LogP contribution in [0.25, 0.3) is 0 Å². The highest BCUT2D eigenvalue weighted by molar-refractivity contribution is 5.67. The van der Waals surface area contributed by atoms with E-state index in [9.17, 15) is 0 Å². The van der Waals surface area contributed by atoms with Gasteiger partial charge in [0.15, 0.2) is 0 Å². The molecular weight excluding hydrogens is 296 g/mol. The number of fused-ring (bicyclic) bond motifs is 2. The van der Waals surface area contributed by atoms with Crippen molar-refractivity contribution in [3.8, 4) is 0 Å². The fraction of sp³-hybridized carbons (Fsp3) is 0.714. The van der Waals surface area contributed by atoms with Crippen LogP contribution in [0.3, 0.4) is 0 Å². The van der Waals surface area contributed by atoms with Crippen LogP contribution in [0.15, 0.2) is 24.3 Å². The number of hydrogen-bond acceptors (Lipinski definition) is 3. The van der Waals surface area contributed by atoms with Gasteiger partial charge in [0.05, 0.1) is 6.10 Å². The lowest BCUT2D eigenvalue weighted by atomic mass is 9.52. The SMILES string of the molecule is c1ccc2c(c1)N1CC[C@@H]3OCC[C@@H]4CN5CCC26[C@@H]5C[C@@H]4[C@@H]3[C@H]16. The lowest BCUT2D eigenvalue weighted by molar-refractivity contribution is -0.0752. The van der Waals surface area contributed by atoms with Crippen molar-refractivity contribution < 1.29 is 4.74 Å². The van der Waals surface area contributed by atoms with Crippen LogP contribution in [0.1, 0.15) is 31.2 Å². The number of piperidine rings is 2. The van der Waals surface area contributed by atoms with Crippen LogP contribution in [0.2, 0.25) is 0 Å². The monoisotopic (exact) mass is 322 g/mol. The molecule has 1 spiro atoms. The van der Waals surface area contributed by atoms with Gasteiger partial charge < -0.3 is 9.64 Å². The first kappa shape index (κ1) is 13.2. The van der Waals surface area contributed by atoms with E-state index in [-0.39, 0.29) is 0 Å². The first-order valence-electron chi connectivity index (χ1n) is 10.1. The molecule has 0 amide bonds. The molecule has 1 aromatic rings. The summed E-state index contributed by atoms with van der Waals surface area (Å²) in [5.74, 6) is 2.57. The summed E-state index contributed by atoms with van der Waals surface area (Å²) in [6, 6.07) is 10.9. The van der Waals surface area contributed by atoms with E-state index in [0.717, 1.165) is 30.4 Å². The van der Waals surface area contributed by atoms with Gasteiger partial charge in [-0.1, -0.05) is 18.2 Å². The van der Waals surface area contributed by atoms with E-state index in [1.54, 1.807) is 11.3 Å². The minimum atomic E-state index is 0.398. The van der Waals surface area contributed by atoms with Gasteiger partial charge >= 0.3 is 0 Å². The van der Waals surface area contributed by atoms with Crippen molar-refractivity contribution in [3.05, 3.63) is 29.8 Å². The van der Waals surface area contributed by atoms with Gasteiger partial charge in [0, 0.05) is 48.8 Å². The molecule has 1 unspecified atom stereocenters. The smallest absolute Gasteiger partial charge is 0.0642 e. The summed E-state index contributed by atoms with van der Waals surface area (Å²) in [5, 5.41) is 0. The van der Waals surface area contributed by atoms with E-state index >= 15 is 0 Å². The molecule has 0 aromatic heterocycles. The van der Waals surface area contributed by atoms with Crippen molar-refractivity contribution in [1.29, 1.82) is 0 Å². The Labute approximate surface area is 144 Å². The number of rotatable bonds is 0. The predicted molar refractivity (Wildman–Crippen MR) is 93.3 cm³/mol. The molecule has 24 heavy (non-hydrogen) atoms. The molecule has 5 heterocycles.